The lowest BCUT2D eigenvalue weighted by Crippen LogP contribution is -2.60. The van der Waals surface area contributed by atoms with Gasteiger partial charge in [-0.15, -0.1) is 0 Å². The summed E-state index contributed by atoms with van der Waals surface area (Å²) >= 11 is 0. The third-order valence-electron chi connectivity index (χ3n) is 4.91. The van der Waals surface area contributed by atoms with E-state index >= 15 is 0 Å². The van der Waals surface area contributed by atoms with Crippen molar-refractivity contribution in [3.05, 3.63) is 0 Å². The van der Waals surface area contributed by atoms with E-state index in [1.807, 2.05) is 0 Å². The van der Waals surface area contributed by atoms with Crippen molar-refractivity contribution in [2.24, 2.45) is 5.73 Å². The first-order valence-electron chi connectivity index (χ1n) is 7.88. The van der Waals surface area contributed by atoms with Gasteiger partial charge in [0.1, 0.15) is 15.4 Å². The minimum atomic E-state index is -2.99. The molecule has 0 radical (unpaired) electrons. The number of amides is 1. The fraction of sp³-hybridized carbons (Fsp3) is 0.929. The molecule has 2 aliphatic rings. The standard InChI is InChI=1S/C14H27N3O4S/c1-22(20,21)8-7-16-9-12(18)10-17-11-3-2-5-14(17,6-4-11)13(15)19/h11-12,16,18H,2-10H2,1H3,(H2,15,19)/t11-,12?,14+/m1/s1. The van der Waals surface area contributed by atoms with Crippen LogP contribution in [-0.4, -0.2) is 73.7 Å². The topological polar surface area (TPSA) is 113 Å². The molecule has 2 fully saturated rings. The molecule has 22 heavy (non-hydrogen) atoms. The predicted molar refractivity (Wildman–Crippen MR) is 84.1 cm³/mol. The summed E-state index contributed by atoms with van der Waals surface area (Å²) in [7, 11) is -2.99. The highest BCUT2D eigenvalue weighted by Crippen LogP contribution is 2.43. The molecule has 1 unspecified atom stereocenters. The van der Waals surface area contributed by atoms with Gasteiger partial charge in [0.05, 0.1) is 11.9 Å². The number of β-amino-alcohol motifs (C(OH)–C–C–N with tert-alkyl or cyclic N) is 1. The molecule has 4 N–H and O–H groups in total. The Morgan fingerprint density at radius 1 is 1.45 bits per heavy atom. The molecule has 0 spiro atoms. The zero-order valence-electron chi connectivity index (χ0n) is 13.1. The number of aliphatic hydroxyl groups is 1. The number of aliphatic hydroxyl groups excluding tert-OH is 1. The third-order valence-corrected chi connectivity index (χ3v) is 5.85. The maximum Gasteiger partial charge on any atom is 0.237 e. The SMILES string of the molecule is CS(=O)(=O)CCNCC(O)CN1[C@@H]2CCC[C@@]1(C(N)=O)CC2. The van der Waals surface area contributed by atoms with Crippen LogP contribution in [0.15, 0.2) is 0 Å². The van der Waals surface area contributed by atoms with Gasteiger partial charge < -0.3 is 16.2 Å². The number of fused-ring (bicyclic) bond motifs is 2. The van der Waals surface area contributed by atoms with Crippen LogP contribution in [0.3, 0.4) is 0 Å². The van der Waals surface area contributed by atoms with Crippen LogP contribution in [0.2, 0.25) is 0 Å². The molecule has 2 heterocycles. The number of nitrogens with one attached hydrogen (secondary N) is 1. The molecule has 0 aromatic carbocycles. The molecule has 2 rings (SSSR count). The van der Waals surface area contributed by atoms with E-state index in [0.29, 0.717) is 25.7 Å². The molecule has 0 aromatic rings. The van der Waals surface area contributed by atoms with Crippen molar-refractivity contribution in [2.75, 3.05) is 31.6 Å². The summed E-state index contributed by atoms with van der Waals surface area (Å²) in [4.78, 5) is 14.0. The average molecular weight is 333 g/mol. The van der Waals surface area contributed by atoms with Crippen molar-refractivity contribution in [3.8, 4) is 0 Å². The Morgan fingerprint density at radius 2 is 2.18 bits per heavy atom. The lowest BCUT2D eigenvalue weighted by Gasteiger charge is -2.43. The first-order chi connectivity index (χ1) is 10.2. The van der Waals surface area contributed by atoms with Crippen molar-refractivity contribution < 1.29 is 18.3 Å². The van der Waals surface area contributed by atoms with Crippen molar-refractivity contribution in [1.29, 1.82) is 0 Å². The Labute approximate surface area is 132 Å². The molecule has 8 heteroatoms. The third kappa shape index (κ3) is 3.98. The molecule has 0 aromatic heterocycles. The number of rotatable bonds is 8. The summed E-state index contributed by atoms with van der Waals surface area (Å²) in [5.74, 6) is -0.232. The second-order valence-electron chi connectivity index (χ2n) is 6.62. The number of carbonyl (C=O) groups excluding carboxylic acids is 1. The van der Waals surface area contributed by atoms with Crippen molar-refractivity contribution in [1.82, 2.24) is 10.2 Å². The van der Waals surface area contributed by atoms with Crippen LogP contribution in [-0.2, 0) is 14.6 Å². The highest BCUT2D eigenvalue weighted by atomic mass is 32.2. The molecule has 2 bridgehead atoms. The Morgan fingerprint density at radius 3 is 2.82 bits per heavy atom. The second kappa shape index (κ2) is 6.82. The Bertz CT molecular complexity index is 506. The summed E-state index contributed by atoms with van der Waals surface area (Å²) in [5, 5.41) is 13.1. The van der Waals surface area contributed by atoms with Gasteiger partial charge in [-0.3, -0.25) is 9.69 Å². The van der Waals surface area contributed by atoms with Crippen LogP contribution in [0.1, 0.15) is 32.1 Å². The summed E-state index contributed by atoms with van der Waals surface area (Å²) in [6, 6.07) is 0.326. The number of nitrogens with zero attached hydrogens (tertiary/aromatic N) is 1. The molecule has 3 atom stereocenters. The summed E-state index contributed by atoms with van der Waals surface area (Å²) in [6.07, 6.45) is 5.10. The van der Waals surface area contributed by atoms with Crippen LogP contribution < -0.4 is 11.1 Å². The quantitative estimate of drug-likeness (QED) is 0.484. The minimum absolute atomic E-state index is 0.0529. The van der Waals surface area contributed by atoms with Gasteiger partial charge in [0.25, 0.3) is 0 Å². The van der Waals surface area contributed by atoms with Gasteiger partial charge in [0.15, 0.2) is 0 Å². The summed E-state index contributed by atoms with van der Waals surface area (Å²) in [6.45, 7) is 1.04. The minimum Gasteiger partial charge on any atom is -0.390 e. The summed E-state index contributed by atoms with van der Waals surface area (Å²) in [5.41, 5.74) is 5.04. The van der Waals surface area contributed by atoms with Crippen LogP contribution >= 0.6 is 0 Å². The Balaban J connectivity index is 1.85. The van der Waals surface area contributed by atoms with E-state index in [0.717, 1.165) is 32.1 Å². The van der Waals surface area contributed by atoms with Crippen molar-refractivity contribution in [3.63, 3.8) is 0 Å². The monoisotopic (exact) mass is 333 g/mol. The van der Waals surface area contributed by atoms with E-state index in [9.17, 15) is 18.3 Å². The maximum atomic E-state index is 11.9. The van der Waals surface area contributed by atoms with Crippen LogP contribution in [0.4, 0.5) is 0 Å². The molecule has 7 nitrogen and oxygen atoms in total. The zero-order chi connectivity index (χ0) is 16.4. The molecule has 128 valence electrons. The number of nitrogens with two attached hydrogens (primary N) is 1. The van der Waals surface area contributed by atoms with E-state index in [-0.39, 0.29) is 11.7 Å². The molecule has 0 saturated carbocycles. The smallest absolute Gasteiger partial charge is 0.237 e. The van der Waals surface area contributed by atoms with Crippen LogP contribution in [0.25, 0.3) is 0 Å². The molecular formula is C14H27N3O4S. The van der Waals surface area contributed by atoms with Gasteiger partial charge >= 0.3 is 0 Å². The average Bonchev–Trinajstić information content (AvgIpc) is 2.62. The Kier molecular flexibility index (Phi) is 5.47. The number of hydrogen-bond donors (Lipinski definition) is 3. The normalized spacial score (nSPS) is 30.4. The molecule has 2 saturated heterocycles. The van der Waals surface area contributed by atoms with Crippen molar-refractivity contribution >= 4 is 15.7 Å². The molecule has 0 aliphatic carbocycles. The van der Waals surface area contributed by atoms with Crippen molar-refractivity contribution in [2.45, 2.75) is 49.8 Å². The number of primary amides is 1. The molecular weight excluding hydrogens is 306 g/mol. The fourth-order valence-corrected chi connectivity index (χ4v) is 4.30. The maximum absolute atomic E-state index is 11.9. The Hall–Kier alpha value is -0.700. The number of hydrogen-bond acceptors (Lipinski definition) is 6. The van der Waals surface area contributed by atoms with Gasteiger partial charge in [-0.2, -0.15) is 0 Å². The lowest BCUT2D eigenvalue weighted by atomic mass is 9.87. The van der Waals surface area contributed by atoms with E-state index in [4.69, 9.17) is 5.73 Å². The van der Waals surface area contributed by atoms with Gasteiger partial charge in [0, 0.05) is 31.9 Å². The van der Waals surface area contributed by atoms with E-state index < -0.39 is 21.5 Å². The first-order valence-corrected chi connectivity index (χ1v) is 9.94. The van der Waals surface area contributed by atoms with Gasteiger partial charge in [-0.05, 0) is 32.1 Å². The number of sulfone groups is 1. The van der Waals surface area contributed by atoms with E-state index in [1.54, 1.807) is 0 Å². The first kappa shape index (κ1) is 17.7. The zero-order valence-corrected chi connectivity index (χ0v) is 13.9. The largest absolute Gasteiger partial charge is 0.390 e. The van der Waals surface area contributed by atoms with Crippen LogP contribution in [0.5, 0.6) is 0 Å². The fourth-order valence-electron chi connectivity index (χ4n) is 3.78. The highest BCUT2D eigenvalue weighted by Gasteiger charge is 2.52. The van der Waals surface area contributed by atoms with Crippen LogP contribution in [0, 0.1) is 0 Å². The van der Waals surface area contributed by atoms with Gasteiger partial charge in [-0.1, -0.05) is 0 Å². The van der Waals surface area contributed by atoms with E-state index in [1.165, 1.54) is 6.26 Å². The number of piperidine rings is 1. The number of carbonyl (C=O) groups is 1. The predicted octanol–water partition coefficient (Wildman–Crippen LogP) is -1.15. The molecule has 1 amide bonds. The molecule has 2 aliphatic heterocycles. The summed E-state index contributed by atoms with van der Waals surface area (Å²) < 4.78 is 22.1. The lowest BCUT2D eigenvalue weighted by molar-refractivity contribution is -0.132. The van der Waals surface area contributed by atoms with Gasteiger partial charge in [0.2, 0.25) is 5.91 Å². The second-order valence-corrected chi connectivity index (χ2v) is 8.88. The van der Waals surface area contributed by atoms with Gasteiger partial charge in [-0.25, -0.2) is 8.42 Å². The highest BCUT2D eigenvalue weighted by molar-refractivity contribution is 7.90. The van der Waals surface area contributed by atoms with E-state index in [2.05, 4.69) is 10.2 Å².